The molecule has 32 heavy (non-hydrogen) atoms. The number of anilines is 1. The van der Waals surface area contributed by atoms with Crippen molar-refractivity contribution in [2.24, 2.45) is 0 Å². The maximum absolute atomic E-state index is 13.7. The van der Waals surface area contributed by atoms with Gasteiger partial charge in [-0.1, -0.05) is 6.07 Å². The van der Waals surface area contributed by atoms with E-state index < -0.39 is 23.6 Å². The SMILES string of the molecule is Cc1cc(N)nc(C)c1CNC(=O)[C@H](Cc1ccc(F)c(F)c1)NC(=O)[C@H]1CCCN1C. The second-order valence-corrected chi connectivity index (χ2v) is 8.30. The van der Waals surface area contributed by atoms with Crippen LogP contribution >= 0.6 is 0 Å². The van der Waals surface area contributed by atoms with Gasteiger partial charge in [-0.05, 0) is 75.2 Å². The van der Waals surface area contributed by atoms with Gasteiger partial charge in [-0.3, -0.25) is 14.5 Å². The standard InChI is InChI=1S/C23H29F2N5O2/c1-13-9-21(26)28-14(2)16(13)12-27-22(31)19(11-15-6-7-17(24)18(25)10-15)29-23(32)20-5-4-8-30(20)3/h6-7,9-10,19-20H,4-5,8,11-12H2,1-3H3,(H2,26,28)(H,27,31)(H,29,32)/t19-,20+/m0/s1. The van der Waals surface area contributed by atoms with Gasteiger partial charge in [0.1, 0.15) is 11.9 Å². The molecule has 1 saturated heterocycles. The van der Waals surface area contributed by atoms with Crippen LogP contribution in [0.3, 0.4) is 0 Å². The number of hydrogen-bond acceptors (Lipinski definition) is 5. The third kappa shape index (κ3) is 5.59. The third-order valence-electron chi connectivity index (χ3n) is 5.89. The first-order chi connectivity index (χ1) is 15.2. The molecule has 0 aliphatic carbocycles. The Hall–Kier alpha value is -3.07. The van der Waals surface area contributed by atoms with Gasteiger partial charge in [0.15, 0.2) is 11.6 Å². The number of nitrogens with two attached hydrogens (primary N) is 1. The fraction of sp³-hybridized carbons (Fsp3) is 0.435. The number of halogens is 2. The van der Waals surface area contributed by atoms with E-state index in [1.165, 1.54) is 6.07 Å². The Bertz CT molecular complexity index is 991. The number of likely N-dealkylation sites (tertiary alicyclic amines) is 1. The summed E-state index contributed by atoms with van der Waals surface area (Å²) in [7, 11) is 1.86. The van der Waals surface area contributed by atoms with E-state index in [0.717, 1.165) is 36.2 Å². The van der Waals surface area contributed by atoms with Gasteiger partial charge in [0.2, 0.25) is 11.8 Å². The molecule has 3 rings (SSSR count). The monoisotopic (exact) mass is 445 g/mol. The van der Waals surface area contributed by atoms with Crippen LogP contribution in [0.2, 0.25) is 0 Å². The van der Waals surface area contributed by atoms with Crippen LogP contribution in [0, 0.1) is 25.5 Å². The number of pyridine rings is 1. The highest BCUT2D eigenvalue weighted by atomic mass is 19.2. The van der Waals surface area contributed by atoms with Gasteiger partial charge in [0, 0.05) is 18.7 Å². The Morgan fingerprint density at radius 3 is 2.62 bits per heavy atom. The van der Waals surface area contributed by atoms with Gasteiger partial charge < -0.3 is 16.4 Å². The molecule has 2 amide bonds. The number of benzene rings is 1. The second kappa shape index (κ2) is 10.0. The summed E-state index contributed by atoms with van der Waals surface area (Å²) in [6.07, 6.45) is 1.64. The lowest BCUT2D eigenvalue weighted by molar-refractivity contribution is -0.131. The quantitative estimate of drug-likeness (QED) is 0.605. The van der Waals surface area contributed by atoms with Crippen molar-refractivity contribution in [2.45, 2.75) is 51.7 Å². The van der Waals surface area contributed by atoms with Crippen molar-refractivity contribution in [3.05, 3.63) is 58.3 Å². The number of nitrogen functional groups attached to an aromatic ring is 1. The molecule has 1 aromatic carbocycles. The van der Waals surface area contributed by atoms with E-state index in [-0.39, 0.29) is 24.9 Å². The molecule has 0 bridgehead atoms. The highest BCUT2D eigenvalue weighted by Crippen LogP contribution is 2.17. The maximum atomic E-state index is 13.7. The number of carbonyl (C=O) groups excluding carboxylic acids is 2. The fourth-order valence-electron chi connectivity index (χ4n) is 4.07. The van der Waals surface area contributed by atoms with E-state index in [1.54, 1.807) is 13.0 Å². The average Bonchev–Trinajstić information content (AvgIpc) is 3.15. The van der Waals surface area contributed by atoms with E-state index >= 15 is 0 Å². The normalized spacial score (nSPS) is 17.2. The van der Waals surface area contributed by atoms with Crippen molar-refractivity contribution in [1.29, 1.82) is 0 Å². The average molecular weight is 446 g/mol. The number of amides is 2. The zero-order valence-electron chi connectivity index (χ0n) is 18.5. The molecule has 1 aromatic heterocycles. The molecule has 1 fully saturated rings. The fourth-order valence-corrected chi connectivity index (χ4v) is 4.07. The van der Waals surface area contributed by atoms with Crippen LogP contribution in [0.5, 0.6) is 0 Å². The van der Waals surface area contributed by atoms with Crippen molar-refractivity contribution >= 4 is 17.6 Å². The minimum Gasteiger partial charge on any atom is -0.384 e. The lowest BCUT2D eigenvalue weighted by Gasteiger charge is -2.24. The highest BCUT2D eigenvalue weighted by molar-refractivity contribution is 5.90. The van der Waals surface area contributed by atoms with Crippen LogP contribution in [-0.2, 0) is 22.6 Å². The van der Waals surface area contributed by atoms with E-state index in [9.17, 15) is 18.4 Å². The minimum atomic E-state index is -0.997. The molecule has 0 spiro atoms. The summed E-state index contributed by atoms with van der Waals surface area (Å²) in [4.78, 5) is 32.0. The van der Waals surface area contributed by atoms with Gasteiger partial charge in [0.25, 0.3) is 0 Å². The molecular weight excluding hydrogens is 416 g/mol. The number of aromatic nitrogens is 1. The zero-order chi connectivity index (χ0) is 23.4. The van der Waals surface area contributed by atoms with E-state index in [1.807, 2.05) is 18.9 Å². The van der Waals surface area contributed by atoms with Crippen molar-refractivity contribution in [1.82, 2.24) is 20.5 Å². The lowest BCUT2D eigenvalue weighted by Crippen LogP contribution is -2.52. The van der Waals surface area contributed by atoms with Crippen molar-refractivity contribution in [3.8, 4) is 0 Å². The summed E-state index contributed by atoms with van der Waals surface area (Å²) < 4.78 is 27.0. The lowest BCUT2D eigenvalue weighted by atomic mass is 10.0. The molecule has 2 aromatic rings. The smallest absolute Gasteiger partial charge is 0.243 e. The summed E-state index contributed by atoms with van der Waals surface area (Å²) in [5.41, 5.74) is 8.60. The Morgan fingerprint density at radius 2 is 2.00 bits per heavy atom. The molecule has 172 valence electrons. The first kappa shape index (κ1) is 23.6. The van der Waals surface area contributed by atoms with Gasteiger partial charge in [-0.2, -0.15) is 0 Å². The van der Waals surface area contributed by atoms with Crippen molar-refractivity contribution < 1.29 is 18.4 Å². The molecule has 7 nitrogen and oxygen atoms in total. The number of hydrogen-bond donors (Lipinski definition) is 3. The molecular formula is C23H29F2N5O2. The number of aryl methyl sites for hydroxylation is 2. The molecule has 1 aliphatic heterocycles. The number of carbonyl (C=O) groups is 2. The summed E-state index contributed by atoms with van der Waals surface area (Å²) in [6.45, 7) is 4.70. The molecule has 2 heterocycles. The van der Waals surface area contributed by atoms with Gasteiger partial charge in [-0.15, -0.1) is 0 Å². The Morgan fingerprint density at radius 1 is 1.25 bits per heavy atom. The largest absolute Gasteiger partial charge is 0.384 e. The maximum Gasteiger partial charge on any atom is 0.243 e. The Balaban J connectivity index is 1.76. The summed E-state index contributed by atoms with van der Waals surface area (Å²) >= 11 is 0. The topological polar surface area (TPSA) is 100 Å². The van der Waals surface area contributed by atoms with E-state index in [0.29, 0.717) is 23.5 Å². The summed E-state index contributed by atoms with van der Waals surface area (Å²) in [6, 6.07) is 3.93. The van der Waals surface area contributed by atoms with Crippen molar-refractivity contribution in [3.63, 3.8) is 0 Å². The summed E-state index contributed by atoms with van der Waals surface area (Å²) in [5, 5.41) is 5.64. The molecule has 4 N–H and O–H groups in total. The highest BCUT2D eigenvalue weighted by Gasteiger charge is 2.31. The van der Waals surface area contributed by atoms with Crippen LogP contribution in [0.1, 0.15) is 35.2 Å². The van der Waals surface area contributed by atoms with Gasteiger partial charge >= 0.3 is 0 Å². The first-order valence-corrected chi connectivity index (χ1v) is 10.6. The zero-order valence-corrected chi connectivity index (χ0v) is 18.5. The molecule has 0 unspecified atom stereocenters. The van der Waals surface area contributed by atoms with Crippen LogP contribution in [0.4, 0.5) is 14.6 Å². The Kier molecular flexibility index (Phi) is 7.40. The molecule has 2 atom stereocenters. The molecule has 0 radical (unpaired) electrons. The molecule has 9 heteroatoms. The molecule has 1 aliphatic rings. The van der Waals surface area contributed by atoms with Crippen LogP contribution in [0.15, 0.2) is 24.3 Å². The van der Waals surface area contributed by atoms with Gasteiger partial charge in [0.05, 0.1) is 6.04 Å². The van der Waals surface area contributed by atoms with Crippen LogP contribution in [0.25, 0.3) is 0 Å². The summed E-state index contributed by atoms with van der Waals surface area (Å²) in [5.74, 6) is -2.23. The Labute approximate surface area is 186 Å². The number of nitrogens with one attached hydrogen (secondary N) is 2. The van der Waals surface area contributed by atoms with Gasteiger partial charge in [-0.25, -0.2) is 13.8 Å². The van der Waals surface area contributed by atoms with E-state index in [2.05, 4.69) is 15.6 Å². The first-order valence-electron chi connectivity index (χ1n) is 10.6. The predicted molar refractivity (Wildman–Crippen MR) is 118 cm³/mol. The number of nitrogens with zero attached hydrogens (tertiary/aromatic N) is 2. The van der Waals surface area contributed by atoms with Crippen LogP contribution in [-0.4, -0.2) is 47.4 Å². The predicted octanol–water partition coefficient (Wildman–Crippen LogP) is 2.00. The minimum absolute atomic E-state index is 0.0309. The van der Waals surface area contributed by atoms with E-state index in [4.69, 9.17) is 5.73 Å². The molecule has 0 saturated carbocycles. The number of rotatable bonds is 7. The van der Waals surface area contributed by atoms with Crippen LogP contribution < -0.4 is 16.4 Å². The third-order valence-corrected chi connectivity index (χ3v) is 5.89. The number of likely N-dealkylation sites (N-methyl/N-ethyl adjacent to an activating group) is 1. The van der Waals surface area contributed by atoms with Crippen molar-refractivity contribution in [2.75, 3.05) is 19.3 Å². The second-order valence-electron chi connectivity index (χ2n) is 8.30.